The molecule has 0 unspecified atom stereocenters. The zero-order valence-corrected chi connectivity index (χ0v) is 22.2. The molecule has 1 saturated carbocycles. The first-order chi connectivity index (χ1) is 18.3. The van der Waals surface area contributed by atoms with Crippen molar-refractivity contribution in [2.24, 2.45) is 5.92 Å². The van der Waals surface area contributed by atoms with E-state index in [2.05, 4.69) is 26.4 Å². The zero-order chi connectivity index (χ0) is 26.9. The van der Waals surface area contributed by atoms with Gasteiger partial charge in [0.25, 0.3) is 0 Å². The highest BCUT2D eigenvalue weighted by Crippen LogP contribution is 2.42. The standard InChI is InChI=1S/C28H24ClN5O3S/c1-2-12-38(35,36)33-20-7-9-23(25(29)13-20)27-24(16-31)22-10-8-21(14-26(22)34(27)17-18-5-6-18)37-28-19(15-30)4-3-11-32-28/h3-4,7-11,13-14,18,33H,2,5-6,12,17H2,1H3. The normalized spacial score (nSPS) is 13.2. The van der Waals surface area contributed by atoms with Gasteiger partial charge in [0, 0.05) is 35.4 Å². The van der Waals surface area contributed by atoms with Crippen LogP contribution in [0.5, 0.6) is 11.6 Å². The van der Waals surface area contributed by atoms with Gasteiger partial charge in [-0.25, -0.2) is 13.4 Å². The number of anilines is 1. The van der Waals surface area contributed by atoms with Crippen molar-refractivity contribution in [1.82, 2.24) is 9.55 Å². The second-order valence-electron chi connectivity index (χ2n) is 9.25. The van der Waals surface area contributed by atoms with E-state index < -0.39 is 10.0 Å². The third kappa shape index (κ3) is 5.17. The predicted molar refractivity (Wildman–Crippen MR) is 147 cm³/mol. The summed E-state index contributed by atoms with van der Waals surface area (Å²) < 4.78 is 35.1. The number of halogens is 1. The molecule has 1 aliphatic rings. The number of hydrogen-bond acceptors (Lipinski definition) is 6. The summed E-state index contributed by atoms with van der Waals surface area (Å²) in [6.07, 6.45) is 4.26. The number of pyridine rings is 1. The topological polar surface area (TPSA) is 121 Å². The van der Waals surface area contributed by atoms with E-state index in [-0.39, 0.29) is 11.6 Å². The van der Waals surface area contributed by atoms with Crippen LogP contribution in [0.1, 0.15) is 37.3 Å². The molecular weight excluding hydrogens is 522 g/mol. The van der Waals surface area contributed by atoms with Crippen LogP contribution < -0.4 is 9.46 Å². The van der Waals surface area contributed by atoms with Gasteiger partial charge in [0.1, 0.15) is 23.5 Å². The molecule has 0 aliphatic heterocycles. The molecule has 4 aromatic rings. The van der Waals surface area contributed by atoms with Gasteiger partial charge in [0.05, 0.1) is 27.5 Å². The van der Waals surface area contributed by atoms with Crippen LogP contribution in [-0.2, 0) is 16.6 Å². The molecule has 38 heavy (non-hydrogen) atoms. The summed E-state index contributed by atoms with van der Waals surface area (Å²) in [6.45, 7) is 2.50. The molecule has 2 aromatic carbocycles. The van der Waals surface area contributed by atoms with Crippen LogP contribution in [0, 0.1) is 28.6 Å². The molecule has 0 saturated heterocycles. The van der Waals surface area contributed by atoms with Crippen molar-refractivity contribution in [3.63, 3.8) is 0 Å². The first-order valence-electron chi connectivity index (χ1n) is 12.2. The number of nitrogens with zero attached hydrogens (tertiary/aromatic N) is 4. The lowest BCUT2D eigenvalue weighted by Gasteiger charge is -2.14. The van der Waals surface area contributed by atoms with Gasteiger partial charge in [0.15, 0.2) is 0 Å². The van der Waals surface area contributed by atoms with Crippen LogP contribution in [0.3, 0.4) is 0 Å². The summed E-state index contributed by atoms with van der Waals surface area (Å²) in [5.74, 6) is 1.20. The summed E-state index contributed by atoms with van der Waals surface area (Å²) in [7, 11) is -3.47. The molecule has 2 heterocycles. The number of aromatic nitrogens is 2. The van der Waals surface area contributed by atoms with Gasteiger partial charge in [-0.15, -0.1) is 0 Å². The van der Waals surface area contributed by atoms with Crippen LogP contribution in [0.2, 0.25) is 5.02 Å². The Morgan fingerprint density at radius 3 is 2.66 bits per heavy atom. The number of nitriles is 2. The molecule has 1 aliphatic carbocycles. The molecule has 2 aromatic heterocycles. The van der Waals surface area contributed by atoms with Gasteiger partial charge < -0.3 is 9.30 Å². The smallest absolute Gasteiger partial charge is 0.237 e. The molecule has 0 atom stereocenters. The maximum atomic E-state index is 12.2. The number of fused-ring (bicyclic) bond motifs is 1. The van der Waals surface area contributed by atoms with Crippen LogP contribution >= 0.6 is 11.6 Å². The minimum atomic E-state index is -3.47. The van der Waals surface area contributed by atoms with E-state index in [1.807, 2.05) is 12.1 Å². The molecule has 192 valence electrons. The van der Waals surface area contributed by atoms with Gasteiger partial charge in [-0.2, -0.15) is 10.5 Å². The summed E-state index contributed by atoms with van der Waals surface area (Å²) in [5.41, 5.74) is 3.28. The van der Waals surface area contributed by atoms with E-state index in [1.165, 1.54) is 0 Å². The lowest BCUT2D eigenvalue weighted by molar-refractivity contribution is 0.461. The van der Waals surface area contributed by atoms with Crippen LogP contribution in [-0.4, -0.2) is 23.7 Å². The second-order valence-corrected chi connectivity index (χ2v) is 11.5. The number of benzene rings is 2. The number of sulfonamides is 1. The average Bonchev–Trinajstić information content (AvgIpc) is 3.66. The zero-order valence-electron chi connectivity index (χ0n) is 20.6. The lowest BCUT2D eigenvalue weighted by Crippen LogP contribution is -2.16. The Morgan fingerprint density at radius 2 is 1.97 bits per heavy atom. The summed E-state index contributed by atoms with van der Waals surface area (Å²) >= 11 is 6.70. The molecule has 0 spiro atoms. The minimum absolute atomic E-state index is 0.0132. The minimum Gasteiger partial charge on any atom is -0.438 e. The third-order valence-corrected chi connectivity index (χ3v) is 8.17. The largest absolute Gasteiger partial charge is 0.438 e. The first-order valence-corrected chi connectivity index (χ1v) is 14.3. The van der Waals surface area contributed by atoms with Crippen LogP contribution in [0.25, 0.3) is 22.2 Å². The van der Waals surface area contributed by atoms with E-state index in [0.717, 1.165) is 23.7 Å². The highest BCUT2D eigenvalue weighted by atomic mass is 35.5. The molecule has 5 rings (SSSR count). The average molecular weight is 546 g/mol. The molecule has 8 nitrogen and oxygen atoms in total. The number of ether oxygens (including phenoxy) is 1. The number of nitrogens with one attached hydrogen (secondary N) is 1. The van der Waals surface area contributed by atoms with Gasteiger partial charge in [-0.1, -0.05) is 18.5 Å². The molecular formula is C28H24ClN5O3S. The van der Waals surface area contributed by atoms with Crippen molar-refractivity contribution in [2.45, 2.75) is 32.7 Å². The Morgan fingerprint density at radius 1 is 1.16 bits per heavy atom. The maximum Gasteiger partial charge on any atom is 0.237 e. The molecule has 0 bridgehead atoms. The van der Waals surface area contributed by atoms with E-state index in [1.54, 1.807) is 49.5 Å². The van der Waals surface area contributed by atoms with Crippen molar-refractivity contribution in [3.05, 3.63) is 70.9 Å². The highest BCUT2D eigenvalue weighted by molar-refractivity contribution is 7.92. The van der Waals surface area contributed by atoms with E-state index in [4.69, 9.17) is 16.3 Å². The molecule has 10 heteroatoms. The van der Waals surface area contributed by atoms with Crippen molar-refractivity contribution < 1.29 is 13.2 Å². The molecule has 1 fully saturated rings. The predicted octanol–water partition coefficient (Wildman–Crippen LogP) is 6.45. The Labute approximate surface area is 226 Å². The summed E-state index contributed by atoms with van der Waals surface area (Å²) in [6, 6.07) is 18.1. The van der Waals surface area contributed by atoms with E-state index >= 15 is 0 Å². The number of rotatable bonds is 9. The van der Waals surface area contributed by atoms with E-state index in [9.17, 15) is 18.9 Å². The fraction of sp³-hybridized carbons (Fsp3) is 0.250. The fourth-order valence-electron chi connectivity index (χ4n) is 4.47. The molecule has 0 amide bonds. The third-order valence-electron chi connectivity index (χ3n) is 6.36. The van der Waals surface area contributed by atoms with Crippen molar-refractivity contribution in [2.75, 3.05) is 10.5 Å². The Kier molecular flexibility index (Phi) is 6.98. The first kappa shape index (κ1) is 25.6. The van der Waals surface area contributed by atoms with Crippen LogP contribution in [0.15, 0.2) is 54.7 Å². The highest BCUT2D eigenvalue weighted by Gasteiger charge is 2.28. The fourth-order valence-corrected chi connectivity index (χ4v) is 5.87. The molecule has 1 N–H and O–H groups in total. The van der Waals surface area contributed by atoms with Crippen LogP contribution in [0.4, 0.5) is 5.69 Å². The Hall–Kier alpha value is -4.05. The Bertz CT molecular complexity index is 1730. The Balaban J connectivity index is 1.61. The second kappa shape index (κ2) is 10.4. The lowest BCUT2D eigenvalue weighted by atomic mass is 10.1. The van der Waals surface area contributed by atoms with Gasteiger partial charge >= 0.3 is 0 Å². The van der Waals surface area contributed by atoms with E-state index in [0.29, 0.717) is 57.7 Å². The summed E-state index contributed by atoms with van der Waals surface area (Å²) in [5, 5.41) is 20.7. The van der Waals surface area contributed by atoms with Gasteiger partial charge in [-0.3, -0.25) is 4.72 Å². The summed E-state index contributed by atoms with van der Waals surface area (Å²) in [4.78, 5) is 4.18. The van der Waals surface area contributed by atoms with Crippen molar-refractivity contribution in [1.29, 1.82) is 10.5 Å². The SMILES string of the molecule is CCCS(=O)(=O)Nc1ccc(-c2c(C#N)c3ccc(Oc4ncccc4C#N)cc3n2CC2CC2)c(Cl)c1. The number of hydrogen-bond donors (Lipinski definition) is 1. The maximum absolute atomic E-state index is 12.2. The van der Waals surface area contributed by atoms with Crippen molar-refractivity contribution in [3.8, 4) is 35.0 Å². The quantitative estimate of drug-likeness (QED) is 0.258. The van der Waals surface area contributed by atoms with Gasteiger partial charge in [-0.05, 0) is 67.6 Å². The monoisotopic (exact) mass is 545 g/mol. The molecule has 0 radical (unpaired) electrons. The van der Waals surface area contributed by atoms with Crippen molar-refractivity contribution >= 4 is 38.2 Å². The van der Waals surface area contributed by atoms with Gasteiger partial charge in [0.2, 0.25) is 15.9 Å².